The van der Waals surface area contributed by atoms with Gasteiger partial charge in [0.25, 0.3) is 5.56 Å². The highest BCUT2D eigenvalue weighted by Crippen LogP contribution is 2.32. The lowest BCUT2D eigenvalue weighted by molar-refractivity contribution is -0.121. The van der Waals surface area contributed by atoms with E-state index >= 15 is 0 Å². The Hall–Kier alpha value is -4.27. The minimum atomic E-state index is -0.211. The third kappa shape index (κ3) is 4.28. The second-order valence-electron chi connectivity index (χ2n) is 8.58. The molecular formula is C27H28N4O5. The molecule has 0 saturated carbocycles. The second-order valence-corrected chi connectivity index (χ2v) is 8.58. The van der Waals surface area contributed by atoms with Gasteiger partial charge in [-0.3, -0.25) is 9.59 Å². The molecule has 0 atom stereocenters. The van der Waals surface area contributed by atoms with Gasteiger partial charge in [0.1, 0.15) is 11.4 Å². The van der Waals surface area contributed by atoms with E-state index < -0.39 is 0 Å². The van der Waals surface area contributed by atoms with E-state index in [4.69, 9.17) is 14.2 Å². The van der Waals surface area contributed by atoms with Crippen LogP contribution in [0.3, 0.4) is 0 Å². The smallest absolute Gasteiger partial charge is 0.277 e. The zero-order chi connectivity index (χ0) is 25.2. The molecule has 1 amide bonds. The Kier molecular flexibility index (Phi) is 6.37. The first-order valence-electron chi connectivity index (χ1n) is 11.9. The largest absolute Gasteiger partial charge is 0.496 e. The van der Waals surface area contributed by atoms with Gasteiger partial charge in [-0.15, -0.1) is 0 Å². The maximum absolute atomic E-state index is 13.4. The number of amides is 1. The fraction of sp³-hybridized carbons (Fsp3) is 0.296. The Bertz CT molecular complexity index is 1500. The number of carbonyl (C=O) groups excluding carboxylic acids is 1. The minimum absolute atomic E-state index is 0.134. The molecule has 36 heavy (non-hydrogen) atoms. The van der Waals surface area contributed by atoms with Crippen LogP contribution in [0, 0.1) is 6.92 Å². The Balaban J connectivity index is 1.36. The number of hydrogen-bond donors (Lipinski definition) is 1. The molecule has 5 rings (SSSR count). The van der Waals surface area contributed by atoms with Crippen LogP contribution in [0.4, 0.5) is 0 Å². The van der Waals surface area contributed by atoms with Gasteiger partial charge in [0.15, 0.2) is 11.5 Å². The maximum atomic E-state index is 13.4. The van der Waals surface area contributed by atoms with E-state index in [-0.39, 0.29) is 24.7 Å². The van der Waals surface area contributed by atoms with Gasteiger partial charge in [0.2, 0.25) is 12.7 Å². The molecule has 186 valence electrons. The molecule has 1 aliphatic heterocycles. The van der Waals surface area contributed by atoms with Crippen LogP contribution in [0.1, 0.15) is 30.2 Å². The molecule has 4 aromatic rings. The standard InChI is InChI=1S/C27H28N4O5/c1-4-30-17(2)19(10-12-25(32)28-15-18-9-11-23-24(13-18)36-16-35-23)27(33)31-26(30)14-21(29-31)20-7-5-6-8-22(20)34-3/h5-9,11,13-14H,4,10,12,15-16H2,1-3H3,(H,28,32). The molecular weight excluding hydrogens is 460 g/mol. The molecule has 0 fully saturated rings. The molecule has 2 aromatic heterocycles. The summed E-state index contributed by atoms with van der Waals surface area (Å²) in [5.74, 6) is 1.94. The highest BCUT2D eigenvalue weighted by Gasteiger charge is 2.19. The summed E-state index contributed by atoms with van der Waals surface area (Å²) in [7, 11) is 1.61. The van der Waals surface area contributed by atoms with Crippen LogP contribution < -0.4 is 25.1 Å². The minimum Gasteiger partial charge on any atom is -0.496 e. The van der Waals surface area contributed by atoms with Crippen molar-refractivity contribution in [3.63, 3.8) is 0 Å². The number of fused-ring (bicyclic) bond motifs is 2. The third-order valence-corrected chi connectivity index (χ3v) is 6.49. The first kappa shape index (κ1) is 23.5. The van der Waals surface area contributed by atoms with E-state index in [9.17, 15) is 9.59 Å². The molecule has 0 spiro atoms. The van der Waals surface area contributed by atoms with Gasteiger partial charge in [0, 0.05) is 42.4 Å². The van der Waals surface area contributed by atoms with Gasteiger partial charge >= 0.3 is 0 Å². The molecule has 0 unspecified atom stereocenters. The number of rotatable bonds is 8. The second kappa shape index (κ2) is 9.77. The zero-order valence-electron chi connectivity index (χ0n) is 20.5. The van der Waals surface area contributed by atoms with Crippen LogP contribution >= 0.6 is 0 Å². The summed E-state index contributed by atoms with van der Waals surface area (Å²) in [5, 5.41) is 7.54. The normalized spacial score (nSPS) is 12.2. The molecule has 0 bridgehead atoms. The van der Waals surface area contributed by atoms with Crippen LogP contribution in [0.5, 0.6) is 17.2 Å². The molecule has 0 saturated heterocycles. The quantitative estimate of drug-likeness (QED) is 0.408. The summed E-state index contributed by atoms with van der Waals surface area (Å²) in [6.45, 7) is 5.18. The van der Waals surface area contributed by atoms with Gasteiger partial charge < -0.3 is 24.1 Å². The van der Waals surface area contributed by atoms with E-state index in [0.717, 1.165) is 16.8 Å². The number of carbonyl (C=O) groups is 1. The Labute approximate surface area is 208 Å². The summed E-state index contributed by atoms with van der Waals surface area (Å²) < 4.78 is 19.7. The number of methoxy groups -OCH3 is 1. The average Bonchev–Trinajstić information content (AvgIpc) is 3.55. The monoisotopic (exact) mass is 488 g/mol. The molecule has 0 aliphatic carbocycles. The molecule has 9 nitrogen and oxygen atoms in total. The lowest BCUT2D eigenvalue weighted by atomic mass is 10.1. The number of para-hydroxylation sites is 1. The molecule has 0 radical (unpaired) electrons. The van der Waals surface area contributed by atoms with Gasteiger partial charge in [-0.05, 0) is 50.1 Å². The number of benzene rings is 2. The fourth-order valence-corrected chi connectivity index (χ4v) is 4.58. The first-order chi connectivity index (χ1) is 17.5. The van der Waals surface area contributed by atoms with Crippen molar-refractivity contribution in [2.24, 2.45) is 0 Å². The van der Waals surface area contributed by atoms with E-state index in [0.29, 0.717) is 53.7 Å². The average molecular weight is 489 g/mol. The van der Waals surface area contributed by atoms with Crippen molar-refractivity contribution in [2.45, 2.75) is 39.8 Å². The van der Waals surface area contributed by atoms with E-state index in [1.54, 1.807) is 7.11 Å². The van der Waals surface area contributed by atoms with E-state index in [2.05, 4.69) is 10.4 Å². The summed E-state index contributed by atoms with van der Waals surface area (Å²) >= 11 is 0. The van der Waals surface area contributed by atoms with Crippen LogP contribution in [0.2, 0.25) is 0 Å². The molecule has 9 heteroatoms. The maximum Gasteiger partial charge on any atom is 0.277 e. The SMILES string of the molecule is CCn1c(C)c(CCC(=O)NCc2ccc3c(c2)OCO3)c(=O)n2nc(-c3ccccc3OC)cc12. The van der Waals surface area contributed by atoms with Gasteiger partial charge in [-0.2, -0.15) is 9.61 Å². The van der Waals surface area contributed by atoms with Crippen LogP contribution in [0.25, 0.3) is 16.9 Å². The van der Waals surface area contributed by atoms with Crippen LogP contribution in [0.15, 0.2) is 53.3 Å². The van der Waals surface area contributed by atoms with Crippen molar-refractivity contribution < 1.29 is 19.0 Å². The van der Waals surface area contributed by atoms with E-state index in [1.165, 1.54) is 4.52 Å². The van der Waals surface area contributed by atoms with Gasteiger partial charge in [0.05, 0.1) is 12.8 Å². The van der Waals surface area contributed by atoms with Gasteiger partial charge in [-0.25, -0.2) is 0 Å². The number of nitrogens with zero attached hydrogens (tertiary/aromatic N) is 3. The number of aryl methyl sites for hydroxylation is 1. The van der Waals surface area contributed by atoms with Crippen molar-refractivity contribution in [1.82, 2.24) is 19.5 Å². The van der Waals surface area contributed by atoms with Crippen molar-refractivity contribution in [1.29, 1.82) is 0 Å². The number of ether oxygens (including phenoxy) is 3. The van der Waals surface area contributed by atoms with Crippen molar-refractivity contribution in [2.75, 3.05) is 13.9 Å². The number of nitrogens with one attached hydrogen (secondary N) is 1. The zero-order valence-corrected chi connectivity index (χ0v) is 20.5. The summed E-state index contributed by atoms with van der Waals surface area (Å²) in [6.07, 6.45) is 0.508. The predicted molar refractivity (Wildman–Crippen MR) is 135 cm³/mol. The lowest BCUT2D eigenvalue weighted by Gasteiger charge is -2.14. The molecule has 1 aliphatic rings. The first-order valence-corrected chi connectivity index (χ1v) is 11.9. The fourth-order valence-electron chi connectivity index (χ4n) is 4.58. The highest BCUT2D eigenvalue weighted by molar-refractivity contribution is 5.76. The summed E-state index contributed by atoms with van der Waals surface area (Å²) in [4.78, 5) is 26.0. The Morgan fingerprint density at radius 3 is 2.75 bits per heavy atom. The molecule has 1 N–H and O–H groups in total. The summed E-state index contributed by atoms with van der Waals surface area (Å²) in [6, 6.07) is 15.1. The van der Waals surface area contributed by atoms with Gasteiger partial charge in [-0.1, -0.05) is 18.2 Å². The molecule has 3 heterocycles. The molecule has 2 aromatic carbocycles. The number of hydrogen-bond acceptors (Lipinski definition) is 6. The van der Waals surface area contributed by atoms with Crippen LogP contribution in [-0.2, 0) is 24.3 Å². The highest BCUT2D eigenvalue weighted by atomic mass is 16.7. The van der Waals surface area contributed by atoms with Crippen LogP contribution in [-0.4, -0.2) is 34.0 Å². The third-order valence-electron chi connectivity index (χ3n) is 6.49. The predicted octanol–water partition coefficient (Wildman–Crippen LogP) is 3.48. The van der Waals surface area contributed by atoms with Crippen molar-refractivity contribution >= 4 is 11.6 Å². The summed E-state index contributed by atoms with van der Waals surface area (Å²) in [5.41, 5.74) is 4.30. The van der Waals surface area contributed by atoms with Crippen molar-refractivity contribution in [3.05, 3.63) is 75.7 Å². The lowest BCUT2D eigenvalue weighted by Crippen LogP contribution is -2.28. The van der Waals surface area contributed by atoms with Crippen molar-refractivity contribution in [3.8, 4) is 28.5 Å². The Morgan fingerprint density at radius 2 is 1.94 bits per heavy atom. The topological polar surface area (TPSA) is 96.1 Å². The Morgan fingerprint density at radius 1 is 1.14 bits per heavy atom. The number of aromatic nitrogens is 3. The van der Waals surface area contributed by atoms with E-state index in [1.807, 2.05) is 66.9 Å².